The SMILES string of the molecule is CC1(C)CC2(CN(C(=O)OC(C)(C)C)CC2C(=O)O)CC(C)(C)N1. The van der Waals surface area contributed by atoms with E-state index in [2.05, 4.69) is 33.0 Å². The van der Waals surface area contributed by atoms with Gasteiger partial charge in [0.25, 0.3) is 0 Å². The van der Waals surface area contributed by atoms with Crippen LogP contribution in [0, 0.1) is 11.3 Å². The predicted molar refractivity (Wildman–Crippen MR) is 91.9 cm³/mol. The fourth-order valence-corrected chi connectivity index (χ4v) is 4.96. The lowest BCUT2D eigenvalue weighted by Crippen LogP contribution is -2.63. The molecule has 6 nitrogen and oxygen atoms in total. The molecule has 0 bridgehead atoms. The van der Waals surface area contributed by atoms with Crippen molar-refractivity contribution in [3.63, 3.8) is 0 Å². The van der Waals surface area contributed by atoms with Gasteiger partial charge in [0.15, 0.2) is 0 Å². The third-order valence-corrected chi connectivity index (χ3v) is 4.86. The van der Waals surface area contributed by atoms with Crippen LogP contribution in [0.25, 0.3) is 0 Å². The largest absolute Gasteiger partial charge is 0.481 e. The molecule has 2 aliphatic heterocycles. The van der Waals surface area contributed by atoms with Crippen LogP contribution >= 0.6 is 0 Å². The highest BCUT2D eigenvalue weighted by atomic mass is 16.6. The molecule has 0 radical (unpaired) electrons. The molecule has 1 spiro atoms. The minimum Gasteiger partial charge on any atom is -0.481 e. The predicted octanol–water partition coefficient (Wildman–Crippen LogP) is 2.86. The summed E-state index contributed by atoms with van der Waals surface area (Å²) in [4.78, 5) is 26.0. The van der Waals surface area contributed by atoms with Gasteiger partial charge in [0, 0.05) is 29.6 Å². The Labute approximate surface area is 144 Å². The monoisotopic (exact) mass is 340 g/mol. The van der Waals surface area contributed by atoms with Gasteiger partial charge < -0.3 is 20.1 Å². The van der Waals surface area contributed by atoms with Crippen LogP contribution in [0.1, 0.15) is 61.3 Å². The Morgan fingerprint density at radius 2 is 1.62 bits per heavy atom. The van der Waals surface area contributed by atoms with Gasteiger partial charge in [0.2, 0.25) is 0 Å². The smallest absolute Gasteiger partial charge is 0.410 e. The van der Waals surface area contributed by atoms with E-state index in [9.17, 15) is 14.7 Å². The van der Waals surface area contributed by atoms with Gasteiger partial charge in [0.1, 0.15) is 5.60 Å². The first-order chi connectivity index (χ1) is 10.6. The molecular formula is C18H32N2O4. The maximum Gasteiger partial charge on any atom is 0.410 e. The first-order valence-corrected chi connectivity index (χ1v) is 8.65. The minimum absolute atomic E-state index is 0.181. The number of piperidine rings is 1. The highest BCUT2D eigenvalue weighted by Gasteiger charge is 2.58. The molecule has 2 heterocycles. The molecule has 2 aliphatic rings. The van der Waals surface area contributed by atoms with Gasteiger partial charge in [-0.2, -0.15) is 0 Å². The first kappa shape index (κ1) is 19.0. The van der Waals surface area contributed by atoms with Gasteiger partial charge in [-0.3, -0.25) is 4.79 Å². The molecule has 138 valence electrons. The molecule has 24 heavy (non-hydrogen) atoms. The number of ether oxygens (including phenoxy) is 1. The zero-order chi connectivity index (χ0) is 18.6. The number of carboxylic acids is 1. The number of nitrogens with zero attached hydrogens (tertiary/aromatic N) is 1. The number of carboxylic acid groups (broad SMARTS) is 1. The molecule has 1 amide bonds. The van der Waals surface area contributed by atoms with Gasteiger partial charge in [-0.15, -0.1) is 0 Å². The van der Waals surface area contributed by atoms with Crippen molar-refractivity contribution in [2.24, 2.45) is 11.3 Å². The van der Waals surface area contributed by atoms with E-state index in [-0.39, 0.29) is 17.6 Å². The standard InChI is InChI=1S/C18H32N2O4/c1-15(2,3)24-14(23)20-8-12(13(21)22)18(11-20)9-16(4,5)19-17(6,7)10-18/h12,19H,8-11H2,1-7H3,(H,21,22). The summed E-state index contributed by atoms with van der Waals surface area (Å²) in [5.41, 5.74) is -1.38. The molecule has 0 aromatic heterocycles. The van der Waals surface area contributed by atoms with Crippen molar-refractivity contribution in [2.75, 3.05) is 13.1 Å². The lowest BCUT2D eigenvalue weighted by atomic mass is 9.61. The van der Waals surface area contributed by atoms with Gasteiger partial charge in [-0.25, -0.2) is 4.79 Å². The maximum absolute atomic E-state index is 12.5. The fourth-order valence-electron chi connectivity index (χ4n) is 4.96. The third-order valence-electron chi connectivity index (χ3n) is 4.86. The van der Waals surface area contributed by atoms with Gasteiger partial charge in [-0.1, -0.05) is 0 Å². The Hall–Kier alpha value is -1.30. The average molecular weight is 340 g/mol. The second-order valence-electron chi connectivity index (χ2n) is 9.86. The van der Waals surface area contributed by atoms with Crippen LogP contribution in [-0.2, 0) is 9.53 Å². The van der Waals surface area contributed by atoms with Crippen molar-refractivity contribution in [3.05, 3.63) is 0 Å². The zero-order valence-electron chi connectivity index (χ0n) is 16.0. The second kappa shape index (κ2) is 5.61. The number of carbonyl (C=O) groups excluding carboxylic acids is 1. The Morgan fingerprint density at radius 3 is 2.04 bits per heavy atom. The van der Waals surface area contributed by atoms with Crippen LogP contribution in [0.2, 0.25) is 0 Å². The molecule has 2 N–H and O–H groups in total. The third kappa shape index (κ3) is 4.02. The second-order valence-corrected chi connectivity index (χ2v) is 9.86. The van der Waals surface area contributed by atoms with Crippen LogP contribution in [-0.4, -0.2) is 51.8 Å². The van der Waals surface area contributed by atoms with E-state index in [0.29, 0.717) is 6.54 Å². The van der Waals surface area contributed by atoms with E-state index in [1.54, 1.807) is 4.90 Å². The fraction of sp³-hybridized carbons (Fsp3) is 0.889. The quantitative estimate of drug-likeness (QED) is 0.767. The normalized spacial score (nSPS) is 28.0. The summed E-state index contributed by atoms with van der Waals surface area (Å²) >= 11 is 0. The van der Waals surface area contributed by atoms with Crippen molar-refractivity contribution in [1.29, 1.82) is 0 Å². The molecule has 2 rings (SSSR count). The number of hydrogen-bond donors (Lipinski definition) is 2. The molecule has 0 aromatic carbocycles. The number of likely N-dealkylation sites (tertiary alicyclic amines) is 1. The van der Waals surface area contributed by atoms with Crippen LogP contribution < -0.4 is 5.32 Å². The van der Waals surface area contributed by atoms with E-state index >= 15 is 0 Å². The average Bonchev–Trinajstić information content (AvgIpc) is 2.60. The van der Waals surface area contributed by atoms with Gasteiger partial charge >= 0.3 is 12.1 Å². The lowest BCUT2D eigenvalue weighted by molar-refractivity contribution is -0.146. The minimum atomic E-state index is -0.824. The molecule has 2 fully saturated rings. The summed E-state index contributed by atoms with van der Waals surface area (Å²) in [6.07, 6.45) is 1.03. The van der Waals surface area contributed by atoms with Crippen LogP contribution in [0.15, 0.2) is 0 Å². The van der Waals surface area contributed by atoms with Crippen molar-refractivity contribution < 1.29 is 19.4 Å². The van der Waals surface area contributed by atoms with E-state index in [1.165, 1.54) is 0 Å². The Morgan fingerprint density at radius 1 is 1.12 bits per heavy atom. The number of amides is 1. The zero-order valence-corrected chi connectivity index (χ0v) is 16.0. The molecule has 1 unspecified atom stereocenters. The summed E-state index contributed by atoms with van der Waals surface area (Å²) in [6.45, 7) is 14.5. The molecule has 0 aromatic rings. The van der Waals surface area contributed by atoms with Crippen molar-refractivity contribution in [3.8, 4) is 0 Å². The molecule has 0 saturated carbocycles. The first-order valence-electron chi connectivity index (χ1n) is 8.65. The van der Waals surface area contributed by atoms with Crippen LogP contribution in [0.3, 0.4) is 0 Å². The Kier molecular flexibility index (Phi) is 4.45. The van der Waals surface area contributed by atoms with Gasteiger partial charge in [-0.05, 0) is 61.3 Å². The molecular weight excluding hydrogens is 308 g/mol. The van der Waals surface area contributed by atoms with E-state index in [0.717, 1.165) is 12.8 Å². The summed E-state index contributed by atoms with van der Waals surface area (Å²) < 4.78 is 5.47. The van der Waals surface area contributed by atoms with Gasteiger partial charge in [0.05, 0.1) is 5.92 Å². The topological polar surface area (TPSA) is 78.9 Å². The van der Waals surface area contributed by atoms with Crippen molar-refractivity contribution >= 4 is 12.1 Å². The van der Waals surface area contributed by atoms with E-state index < -0.39 is 29.0 Å². The van der Waals surface area contributed by atoms with Crippen LogP contribution in [0.4, 0.5) is 4.79 Å². The number of rotatable bonds is 1. The summed E-state index contributed by atoms with van der Waals surface area (Å²) in [6, 6.07) is 0. The molecule has 1 atom stereocenters. The van der Waals surface area contributed by atoms with E-state index in [4.69, 9.17) is 4.74 Å². The number of hydrogen-bond acceptors (Lipinski definition) is 4. The number of nitrogens with one attached hydrogen (secondary N) is 1. The molecule has 2 saturated heterocycles. The Balaban J connectivity index is 2.31. The summed E-state index contributed by atoms with van der Waals surface area (Å²) in [7, 11) is 0. The van der Waals surface area contributed by atoms with Crippen LogP contribution in [0.5, 0.6) is 0 Å². The lowest BCUT2D eigenvalue weighted by Gasteiger charge is -2.53. The van der Waals surface area contributed by atoms with Crippen molar-refractivity contribution in [1.82, 2.24) is 10.2 Å². The van der Waals surface area contributed by atoms with Crippen molar-refractivity contribution in [2.45, 2.75) is 78.0 Å². The number of carbonyl (C=O) groups is 2. The highest BCUT2D eigenvalue weighted by molar-refractivity contribution is 5.75. The highest BCUT2D eigenvalue weighted by Crippen LogP contribution is 2.51. The van der Waals surface area contributed by atoms with E-state index in [1.807, 2.05) is 20.8 Å². The molecule has 0 aliphatic carbocycles. The summed E-state index contributed by atoms with van der Waals surface area (Å²) in [5, 5.41) is 13.4. The number of aliphatic carboxylic acids is 1. The Bertz CT molecular complexity index is 518. The molecule has 6 heteroatoms. The summed E-state index contributed by atoms with van der Waals surface area (Å²) in [5.74, 6) is -1.39. The maximum atomic E-state index is 12.5.